The quantitative estimate of drug-likeness (QED) is 0.573. The normalized spacial score (nSPS) is 9.50. The van der Waals surface area contributed by atoms with Crippen LogP contribution in [0.25, 0.3) is 0 Å². The Kier molecular flexibility index (Phi) is 5.69. The molecule has 0 aliphatic rings. The summed E-state index contributed by atoms with van der Waals surface area (Å²) in [6.07, 6.45) is 0. The summed E-state index contributed by atoms with van der Waals surface area (Å²) in [6.45, 7) is -0.716. The van der Waals surface area contributed by atoms with E-state index in [1.54, 1.807) is 0 Å². The van der Waals surface area contributed by atoms with Crippen molar-refractivity contribution in [1.82, 2.24) is 0 Å². The van der Waals surface area contributed by atoms with Gasteiger partial charge in [-0.15, -0.1) is 0 Å². The lowest BCUT2D eigenvalue weighted by Gasteiger charge is -2.08. The summed E-state index contributed by atoms with van der Waals surface area (Å²) in [4.78, 5) is 0. The van der Waals surface area contributed by atoms with Crippen LogP contribution in [0.15, 0.2) is 0 Å². The van der Waals surface area contributed by atoms with Gasteiger partial charge in [-0.25, -0.2) is 13.2 Å². The van der Waals surface area contributed by atoms with Crippen molar-refractivity contribution in [2.45, 2.75) is 6.92 Å². The van der Waals surface area contributed by atoms with Gasteiger partial charge in [0, 0.05) is 5.56 Å². The molecule has 0 unspecified atom stereocenters. The second kappa shape index (κ2) is 6.24. The van der Waals surface area contributed by atoms with Crippen LogP contribution in [0.4, 0.5) is 26.3 Å². The van der Waals surface area contributed by atoms with Gasteiger partial charge in [0.25, 0.3) is 0 Å². The largest absolute Gasteiger partial charge is 0.457 e. The van der Waals surface area contributed by atoms with Crippen LogP contribution >= 0.6 is 0 Å². The predicted octanol–water partition coefficient (Wildman–Crippen LogP) is 3.44. The van der Waals surface area contributed by atoms with Gasteiger partial charge in [-0.05, 0) is 6.92 Å². The Labute approximate surface area is 87.6 Å². The highest BCUT2D eigenvalue weighted by molar-refractivity contribution is 5.33. The van der Waals surface area contributed by atoms with Crippen molar-refractivity contribution < 1.29 is 31.1 Å². The Morgan fingerprint density at radius 2 is 1.25 bits per heavy atom. The molecular formula is C9H8F6O. The Hall–Kier alpha value is -1.40. The molecule has 0 saturated carbocycles. The minimum absolute atomic E-state index is 0.500. The van der Waals surface area contributed by atoms with E-state index in [4.69, 9.17) is 0 Å². The molecule has 0 atom stereocenters. The third-order valence-electron chi connectivity index (χ3n) is 1.64. The lowest BCUT2D eigenvalue weighted by atomic mass is 10.2. The van der Waals surface area contributed by atoms with Crippen LogP contribution in [0, 0.1) is 30.2 Å². The third kappa shape index (κ3) is 2.59. The zero-order valence-electron chi connectivity index (χ0n) is 8.38. The number of alkyl halides is 2. The maximum absolute atomic E-state index is 12.8. The molecule has 0 heterocycles. The van der Waals surface area contributed by atoms with Gasteiger partial charge in [0.15, 0.2) is 17.4 Å². The standard InChI is InChI=1S/C8H5F5O.CH3F/c1-3-4(10)6(12)8(14-2-9)7(13)5(3)11;1-2/h2H2,1H3;1H3. The van der Waals surface area contributed by atoms with Gasteiger partial charge >= 0.3 is 0 Å². The molecule has 0 amide bonds. The van der Waals surface area contributed by atoms with Crippen molar-refractivity contribution in [1.29, 1.82) is 0 Å². The number of hydrogen-bond acceptors (Lipinski definition) is 1. The van der Waals surface area contributed by atoms with Gasteiger partial charge in [-0.2, -0.15) is 8.78 Å². The van der Waals surface area contributed by atoms with Crippen LogP contribution in [0.1, 0.15) is 5.56 Å². The van der Waals surface area contributed by atoms with Gasteiger partial charge in [0.2, 0.25) is 18.5 Å². The van der Waals surface area contributed by atoms with Crippen molar-refractivity contribution >= 4 is 0 Å². The Morgan fingerprint density at radius 3 is 1.56 bits per heavy atom. The average molecular weight is 246 g/mol. The van der Waals surface area contributed by atoms with Crippen molar-refractivity contribution in [2.24, 2.45) is 0 Å². The smallest absolute Gasteiger partial charge is 0.228 e. The highest BCUT2D eigenvalue weighted by Crippen LogP contribution is 2.29. The highest BCUT2D eigenvalue weighted by atomic mass is 19.2. The molecule has 1 aromatic carbocycles. The van der Waals surface area contributed by atoms with Crippen LogP contribution < -0.4 is 4.74 Å². The molecule has 0 radical (unpaired) electrons. The lowest BCUT2D eigenvalue weighted by Crippen LogP contribution is -2.05. The fourth-order valence-corrected chi connectivity index (χ4v) is 0.903. The summed E-state index contributed by atoms with van der Waals surface area (Å²) < 4.78 is 76.1. The lowest BCUT2D eigenvalue weighted by molar-refractivity contribution is 0.171. The van der Waals surface area contributed by atoms with Crippen LogP contribution in [-0.4, -0.2) is 14.0 Å². The number of hydrogen-bond donors (Lipinski definition) is 0. The molecule has 0 fully saturated rings. The van der Waals surface area contributed by atoms with E-state index in [1.807, 2.05) is 0 Å². The minimum atomic E-state index is -1.74. The van der Waals surface area contributed by atoms with Crippen molar-refractivity contribution in [3.05, 3.63) is 28.8 Å². The maximum Gasteiger partial charge on any atom is 0.228 e. The number of ether oxygens (including phenoxy) is 1. The van der Waals surface area contributed by atoms with Crippen molar-refractivity contribution in [2.75, 3.05) is 14.0 Å². The van der Waals surface area contributed by atoms with Gasteiger partial charge in [0.05, 0.1) is 7.18 Å². The first-order chi connectivity index (χ1) is 7.50. The molecule has 0 N–H and O–H groups in total. The topological polar surface area (TPSA) is 9.23 Å². The van der Waals surface area contributed by atoms with Gasteiger partial charge in [-0.1, -0.05) is 0 Å². The Balaban J connectivity index is 0.00000106. The summed E-state index contributed by atoms with van der Waals surface area (Å²) in [7, 11) is 0.500. The third-order valence-corrected chi connectivity index (χ3v) is 1.64. The first kappa shape index (κ1) is 14.6. The van der Waals surface area contributed by atoms with E-state index in [0.29, 0.717) is 7.18 Å². The molecule has 0 spiro atoms. The van der Waals surface area contributed by atoms with Crippen LogP contribution in [0.5, 0.6) is 5.75 Å². The molecule has 92 valence electrons. The summed E-state index contributed by atoms with van der Waals surface area (Å²) in [5.74, 6) is -8.04. The zero-order valence-corrected chi connectivity index (χ0v) is 8.38. The first-order valence-corrected chi connectivity index (χ1v) is 3.89. The Bertz CT molecular complexity index is 337. The van der Waals surface area contributed by atoms with Crippen LogP contribution in [0.3, 0.4) is 0 Å². The molecule has 0 saturated heterocycles. The second-order valence-electron chi connectivity index (χ2n) is 2.46. The van der Waals surface area contributed by atoms with Gasteiger partial charge in [-0.3, -0.25) is 4.39 Å². The van der Waals surface area contributed by atoms with E-state index in [1.165, 1.54) is 0 Å². The van der Waals surface area contributed by atoms with E-state index >= 15 is 0 Å². The van der Waals surface area contributed by atoms with Crippen LogP contribution in [0.2, 0.25) is 0 Å². The molecule has 1 rings (SSSR count). The molecule has 7 heteroatoms. The number of rotatable bonds is 2. The van der Waals surface area contributed by atoms with E-state index in [-0.39, 0.29) is 0 Å². The second-order valence-corrected chi connectivity index (χ2v) is 2.46. The number of benzene rings is 1. The van der Waals surface area contributed by atoms with Crippen LogP contribution in [-0.2, 0) is 0 Å². The van der Waals surface area contributed by atoms with E-state index in [0.717, 1.165) is 6.92 Å². The fraction of sp³-hybridized carbons (Fsp3) is 0.333. The molecule has 0 aliphatic carbocycles. The molecule has 0 aromatic heterocycles. The molecule has 1 aromatic rings. The molecule has 16 heavy (non-hydrogen) atoms. The summed E-state index contributed by atoms with van der Waals surface area (Å²) >= 11 is 0. The summed E-state index contributed by atoms with van der Waals surface area (Å²) in [5.41, 5.74) is -0.814. The number of halogens is 6. The van der Waals surface area contributed by atoms with E-state index in [2.05, 4.69) is 4.74 Å². The first-order valence-electron chi connectivity index (χ1n) is 3.89. The predicted molar refractivity (Wildman–Crippen MR) is 44.6 cm³/mol. The van der Waals surface area contributed by atoms with Gasteiger partial charge in [0.1, 0.15) is 0 Å². The molecule has 1 nitrogen and oxygen atoms in total. The van der Waals surface area contributed by atoms with Crippen molar-refractivity contribution in [3.63, 3.8) is 0 Å². The summed E-state index contributed by atoms with van der Waals surface area (Å²) in [6, 6.07) is 0. The maximum atomic E-state index is 12.8. The molecule has 0 bridgehead atoms. The van der Waals surface area contributed by atoms with E-state index < -0.39 is 41.4 Å². The monoisotopic (exact) mass is 246 g/mol. The zero-order chi connectivity index (χ0) is 12.9. The van der Waals surface area contributed by atoms with E-state index in [9.17, 15) is 26.3 Å². The van der Waals surface area contributed by atoms with Crippen molar-refractivity contribution in [3.8, 4) is 5.75 Å². The minimum Gasteiger partial charge on any atom is -0.457 e. The molecule has 0 aliphatic heterocycles. The fourth-order valence-electron chi connectivity index (χ4n) is 0.903. The Morgan fingerprint density at radius 1 is 0.875 bits per heavy atom. The average Bonchev–Trinajstić information content (AvgIpc) is 2.32. The van der Waals surface area contributed by atoms with Gasteiger partial charge < -0.3 is 4.74 Å². The molecular weight excluding hydrogens is 238 g/mol. The highest BCUT2D eigenvalue weighted by Gasteiger charge is 2.24. The summed E-state index contributed by atoms with van der Waals surface area (Å²) in [5, 5.41) is 0. The SMILES string of the molecule is CF.Cc1c(F)c(F)c(OCF)c(F)c1F.